The molecule has 0 saturated carbocycles. The highest BCUT2D eigenvalue weighted by molar-refractivity contribution is 6.74. The minimum absolute atomic E-state index is 0.0426. The van der Waals surface area contributed by atoms with Gasteiger partial charge in [0.2, 0.25) is 0 Å². The largest absolute Gasteiger partial charge is 0.408 e. The Hall–Kier alpha value is 0.0918. The summed E-state index contributed by atoms with van der Waals surface area (Å²) in [6.07, 6.45) is -2.37. The van der Waals surface area contributed by atoms with E-state index < -0.39 is 38.3 Å². The van der Waals surface area contributed by atoms with E-state index in [2.05, 4.69) is 20.8 Å². The zero-order valence-corrected chi connectivity index (χ0v) is 14.0. The lowest BCUT2D eigenvalue weighted by Crippen LogP contribution is -2.54. The summed E-state index contributed by atoms with van der Waals surface area (Å²) in [6.45, 7) is 13.3. The van der Waals surface area contributed by atoms with E-state index in [9.17, 15) is 9.50 Å². The lowest BCUT2D eigenvalue weighted by atomic mass is 9.83. The van der Waals surface area contributed by atoms with Crippen molar-refractivity contribution in [3.8, 4) is 0 Å². The Morgan fingerprint density at radius 3 is 2.26 bits per heavy atom. The number of rotatable bonds is 3. The van der Waals surface area contributed by atoms with Gasteiger partial charge in [-0.3, -0.25) is 0 Å². The first-order valence-corrected chi connectivity index (χ1v) is 9.67. The number of ether oxygens (including phenoxy) is 1. The van der Waals surface area contributed by atoms with E-state index in [1.807, 2.05) is 13.1 Å². The van der Waals surface area contributed by atoms with Crippen LogP contribution in [0.5, 0.6) is 0 Å². The van der Waals surface area contributed by atoms with Gasteiger partial charge in [0.05, 0.1) is 12.1 Å². The van der Waals surface area contributed by atoms with E-state index >= 15 is 0 Å². The first-order valence-electron chi connectivity index (χ1n) is 6.76. The molecule has 1 heterocycles. The number of aliphatic hydroxyl groups is 1. The predicted molar refractivity (Wildman–Crippen MR) is 77.7 cm³/mol. The second-order valence-corrected chi connectivity index (χ2v) is 12.0. The van der Waals surface area contributed by atoms with Crippen molar-refractivity contribution in [2.24, 2.45) is 0 Å². The zero-order valence-electron chi connectivity index (χ0n) is 13.0. The maximum Gasteiger partial charge on any atom is 0.192 e. The molecule has 0 aromatic carbocycles. The minimum Gasteiger partial charge on any atom is -0.408 e. The van der Waals surface area contributed by atoms with Crippen molar-refractivity contribution in [3.05, 3.63) is 0 Å². The van der Waals surface area contributed by atoms with Gasteiger partial charge in [-0.25, -0.2) is 4.39 Å². The summed E-state index contributed by atoms with van der Waals surface area (Å²) in [6, 6.07) is -1.07. The van der Waals surface area contributed by atoms with Gasteiger partial charge in [0.15, 0.2) is 14.0 Å². The van der Waals surface area contributed by atoms with Crippen LogP contribution in [0, 0.1) is 0 Å². The Morgan fingerprint density at radius 1 is 1.42 bits per heavy atom. The van der Waals surface area contributed by atoms with Gasteiger partial charge in [0.25, 0.3) is 0 Å². The Bertz CT molecular complexity index is 326. The number of halogens is 1. The molecule has 1 saturated heterocycles. The first-order chi connectivity index (χ1) is 8.30. The van der Waals surface area contributed by atoms with Crippen LogP contribution in [0.1, 0.15) is 34.6 Å². The molecule has 110 valence electrons. The highest BCUT2D eigenvalue weighted by atomic mass is 28.4. The van der Waals surface area contributed by atoms with Gasteiger partial charge in [-0.2, -0.15) is 0 Å². The average Bonchev–Trinajstić information content (AvgIpc) is 2.39. The molecule has 19 heavy (non-hydrogen) atoms. The van der Waals surface area contributed by atoms with Crippen LogP contribution >= 0.6 is 0 Å². The molecule has 0 spiro atoms. The van der Waals surface area contributed by atoms with Crippen molar-refractivity contribution in [3.63, 3.8) is 0 Å². The van der Waals surface area contributed by atoms with Crippen LogP contribution < -0.4 is 0 Å². The van der Waals surface area contributed by atoms with E-state index in [-0.39, 0.29) is 5.04 Å². The molecule has 2 radical (unpaired) electrons. The summed E-state index contributed by atoms with van der Waals surface area (Å²) in [7, 11) is 3.52. The normalized spacial score (nSPS) is 38.5. The van der Waals surface area contributed by atoms with Gasteiger partial charge in [0, 0.05) is 0 Å². The number of alkyl halides is 1. The van der Waals surface area contributed by atoms with Crippen molar-refractivity contribution in [1.82, 2.24) is 0 Å². The Labute approximate surface area is 118 Å². The number of hydrogen-bond acceptors (Lipinski definition) is 3. The van der Waals surface area contributed by atoms with Gasteiger partial charge in [-0.15, -0.1) is 0 Å². The maximum atomic E-state index is 14.7. The summed E-state index contributed by atoms with van der Waals surface area (Å²) in [5.41, 5.74) is -1.79. The fraction of sp³-hybridized carbons (Fsp3) is 1.00. The van der Waals surface area contributed by atoms with Crippen LogP contribution in [0.2, 0.25) is 18.1 Å². The summed E-state index contributed by atoms with van der Waals surface area (Å²) < 4.78 is 26.2. The van der Waals surface area contributed by atoms with E-state index in [0.717, 1.165) is 0 Å². The standard InChI is InChI=1S/C13H26BFO3Si/c1-8(16)9-10(13(5,15)11(14)17-9)18-19(6,7)12(2,3)4/h8-11,16H,1-7H3/t8?,9-,10-,11-,13-/m1/s1. The molecule has 0 bridgehead atoms. The van der Waals surface area contributed by atoms with Gasteiger partial charge in [-0.1, -0.05) is 20.8 Å². The van der Waals surface area contributed by atoms with Gasteiger partial charge < -0.3 is 14.3 Å². The molecule has 3 nitrogen and oxygen atoms in total. The fourth-order valence-electron chi connectivity index (χ4n) is 1.90. The highest BCUT2D eigenvalue weighted by Crippen LogP contribution is 2.43. The van der Waals surface area contributed by atoms with E-state index in [4.69, 9.17) is 17.0 Å². The molecule has 1 N–H and O–H groups in total. The molecule has 1 aliphatic heterocycles. The van der Waals surface area contributed by atoms with Crippen LogP contribution in [-0.2, 0) is 9.16 Å². The van der Waals surface area contributed by atoms with E-state index in [1.165, 1.54) is 6.92 Å². The monoisotopic (exact) mass is 288 g/mol. The van der Waals surface area contributed by atoms with Crippen LogP contribution in [0.3, 0.4) is 0 Å². The molecule has 1 aliphatic rings. The number of hydrogen-bond donors (Lipinski definition) is 1. The topological polar surface area (TPSA) is 38.7 Å². The van der Waals surface area contributed by atoms with Crippen molar-refractivity contribution in [2.75, 3.05) is 0 Å². The maximum absolute atomic E-state index is 14.7. The van der Waals surface area contributed by atoms with E-state index in [0.29, 0.717) is 0 Å². The second kappa shape index (κ2) is 5.13. The summed E-state index contributed by atoms with van der Waals surface area (Å²) >= 11 is 0. The average molecular weight is 288 g/mol. The lowest BCUT2D eigenvalue weighted by Gasteiger charge is -2.42. The molecule has 1 rings (SSSR count). The molecule has 1 unspecified atom stereocenters. The predicted octanol–water partition coefficient (Wildman–Crippen LogP) is 2.38. The third-order valence-electron chi connectivity index (χ3n) is 4.42. The molecular formula is C13H26BFO3Si. The summed E-state index contributed by atoms with van der Waals surface area (Å²) in [4.78, 5) is 0. The zero-order chi connectivity index (χ0) is 15.2. The molecule has 0 aromatic heterocycles. The smallest absolute Gasteiger partial charge is 0.192 e. The van der Waals surface area contributed by atoms with Crippen molar-refractivity contribution >= 4 is 16.2 Å². The van der Waals surface area contributed by atoms with E-state index in [1.54, 1.807) is 6.92 Å². The van der Waals surface area contributed by atoms with Gasteiger partial charge in [-0.05, 0) is 32.0 Å². The Kier molecular flexibility index (Phi) is 4.63. The minimum atomic E-state index is -2.16. The number of aliphatic hydroxyl groups excluding tert-OH is 1. The van der Waals surface area contributed by atoms with Crippen LogP contribution in [-0.4, -0.2) is 51.3 Å². The third-order valence-corrected chi connectivity index (χ3v) is 8.87. The second-order valence-electron chi connectivity index (χ2n) is 7.21. The quantitative estimate of drug-likeness (QED) is 0.810. The molecule has 5 atom stereocenters. The Morgan fingerprint density at radius 2 is 1.89 bits per heavy atom. The van der Waals surface area contributed by atoms with Crippen LogP contribution in [0.4, 0.5) is 4.39 Å². The van der Waals surface area contributed by atoms with Crippen molar-refractivity contribution in [1.29, 1.82) is 0 Å². The molecular weight excluding hydrogens is 262 g/mol. The van der Waals surface area contributed by atoms with Crippen molar-refractivity contribution < 1.29 is 18.7 Å². The first kappa shape index (κ1) is 17.1. The SMILES string of the molecule is [B][C@@H]1O[C@H](C(C)O)[C@@H](O[Si](C)(C)C(C)(C)C)[C@@]1(C)F. The van der Waals surface area contributed by atoms with Crippen LogP contribution in [0.15, 0.2) is 0 Å². The Balaban J connectivity index is 3.01. The molecule has 1 fully saturated rings. The van der Waals surface area contributed by atoms with Crippen molar-refractivity contribution in [2.45, 2.75) is 82.7 Å². The fourth-order valence-corrected chi connectivity index (χ4v) is 3.25. The molecule has 0 aliphatic carbocycles. The van der Waals surface area contributed by atoms with Gasteiger partial charge >= 0.3 is 0 Å². The van der Waals surface area contributed by atoms with Crippen LogP contribution in [0.25, 0.3) is 0 Å². The molecule has 0 amide bonds. The highest BCUT2D eigenvalue weighted by Gasteiger charge is 2.56. The van der Waals surface area contributed by atoms with Gasteiger partial charge in [0.1, 0.15) is 20.1 Å². The molecule has 6 heteroatoms. The lowest BCUT2D eigenvalue weighted by molar-refractivity contribution is -0.0434. The third kappa shape index (κ3) is 3.23. The molecule has 0 aromatic rings. The summed E-state index contributed by atoms with van der Waals surface area (Å²) in [5, 5.41) is 9.72. The summed E-state index contributed by atoms with van der Waals surface area (Å²) in [5.74, 6) is 0.